The fraction of sp³-hybridized carbons (Fsp3) is 0.333. The molecule has 76 valence electrons. The predicted octanol–water partition coefficient (Wildman–Crippen LogP) is 2.71. The van der Waals surface area contributed by atoms with E-state index in [4.69, 9.17) is 10.5 Å². The van der Waals surface area contributed by atoms with Crippen molar-refractivity contribution in [2.24, 2.45) is 5.73 Å². The van der Waals surface area contributed by atoms with Crippen molar-refractivity contribution in [3.8, 4) is 0 Å². The van der Waals surface area contributed by atoms with Crippen LogP contribution in [0.5, 0.6) is 0 Å². The molecule has 2 heteroatoms. The van der Waals surface area contributed by atoms with E-state index in [2.05, 4.69) is 6.58 Å². The largest absolute Gasteiger partial charge is 0.494 e. The standard InChI is InChI=1S/C12H17NO/c1-4-14-10(3)12-7-5-6-11(8-12)9(2)13/h5-9H,3-4,13H2,1-2H3. The van der Waals surface area contributed by atoms with Gasteiger partial charge in [-0.2, -0.15) is 0 Å². The van der Waals surface area contributed by atoms with Crippen molar-refractivity contribution in [2.75, 3.05) is 6.61 Å². The average molecular weight is 191 g/mol. The Morgan fingerprint density at radius 1 is 1.57 bits per heavy atom. The summed E-state index contributed by atoms with van der Waals surface area (Å²) >= 11 is 0. The van der Waals surface area contributed by atoms with Crippen molar-refractivity contribution in [1.29, 1.82) is 0 Å². The molecule has 1 rings (SSSR count). The van der Waals surface area contributed by atoms with Crippen LogP contribution in [0, 0.1) is 0 Å². The molecular formula is C12H17NO. The van der Waals surface area contributed by atoms with E-state index in [1.54, 1.807) is 0 Å². The molecule has 0 heterocycles. The van der Waals surface area contributed by atoms with Gasteiger partial charge in [-0.15, -0.1) is 0 Å². The maximum atomic E-state index is 5.79. The molecule has 0 aliphatic heterocycles. The third-order valence-electron chi connectivity index (χ3n) is 2.05. The Hall–Kier alpha value is -1.28. The van der Waals surface area contributed by atoms with Gasteiger partial charge in [-0.1, -0.05) is 24.8 Å². The van der Waals surface area contributed by atoms with Crippen LogP contribution in [0.2, 0.25) is 0 Å². The number of nitrogens with two attached hydrogens (primary N) is 1. The molecule has 0 aliphatic carbocycles. The first-order valence-electron chi connectivity index (χ1n) is 4.82. The van der Waals surface area contributed by atoms with Crippen LogP contribution in [-0.2, 0) is 4.74 Å². The molecule has 1 atom stereocenters. The monoisotopic (exact) mass is 191 g/mol. The van der Waals surface area contributed by atoms with Crippen LogP contribution in [0.15, 0.2) is 30.8 Å². The van der Waals surface area contributed by atoms with Gasteiger partial charge in [0.15, 0.2) is 0 Å². The van der Waals surface area contributed by atoms with E-state index < -0.39 is 0 Å². The number of hydrogen-bond acceptors (Lipinski definition) is 2. The Morgan fingerprint density at radius 3 is 2.86 bits per heavy atom. The summed E-state index contributed by atoms with van der Waals surface area (Å²) < 4.78 is 5.33. The normalized spacial score (nSPS) is 12.2. The second kappa shape index (κ2) is 4.82. The maximum absolute atomic E-state index is 5.79. The number of ether oxygens (including phenoxy) is 1. The van der Waals surface area contributed by atoms with Crippen LogP contribution in [0.25, 0.3) is 5.76 Å². The van der Waals surface area contributed by atoms with Crippen LogP contribution >= 0.6 is 0 Å². The summed E-state index contributed by atoms with van der Waals surface area (Å²) in [5.74, 6) is 0.704. The third-order valence-corrected chi connectivity index (χ3v) is 2.05. The van der Waals surface area contributed by atoms with Gasteiger partial charge in [0.1, 0.15) is 5.76 Å². The summed E-state index contributed by atoms with van der Waals surface area (Å²) in [6, 6.07) is 8.02. The first kappa shape index (κ1) is 10.8. The molecule has 0 spiro atoms. The summed E-state index contributed by atoms with van der Waals surface area (Å²) in [6.45, 7) is 8.40. The molecule has 2 nitrogen and oxygen atoms in total. The predicted molar refractivity (Wildman–Crippen MR) is 59.7 cm³/mol. The molecule has 1 aromatic rings. The van der Waals surface area contributed by atoms with E-state index in [1.807, 2.05) is 38.1 Å². The van der Waals surface area contributed by atoms with Gasteiger partial charge in [0.25, 0.3) is 0 Å². The summed E-state index contributed by atoms with van der Waals surface area (Å²) in [4.78, 5) is 0. The van der Waals surface area contributed by atoms with Crippen LogP contribution in [0.1, 0.15) is 31.0 Å². The van der Waals surface area contributed by atoms with Gasteiger partial charge in [-0.25, -0.2) is 0 Å². The van der Waals surface area contributed by atoms with Crippen LogP contribution in [-0.4, -0.2) is 6.61 Å². The summed E-state index contributed by atoms with van der Waals surface area (Å²) in [6.07, 6.45) is 0. The summed E-state index contributed by atoms with van der Waals surface area (Å²) in [5.41, 5.74) is 7.89. The number of hydrogen-bond donors (Lipinski definition) is 1. The molecule has 0 aromatic heterocycles. The van der Waals surface area contributed by atoms with Gasteiger partial charge in [0, 0.05) is 11.6 Å². The second-order valence-corrected chi connectivity index (χ2v) is 3.27. The molecule has 14 heavy (non-hydrogen) atoms. The van der Waals surface area contributed by atoms with Crippen molar-refractivity contribution in [3.05, 3.63) is 42.0 Å². The van der Waals surface area contributed by atoms with E-state index in [0.717, 1.165) is 11.1 Å². The van der Waals surface area contributed by atoms with Crippen molar-refractivity contribution in [3.63, 3.8) is 0 Å². The average Bonchev–Trinajstić information content (AvgIpc) is 2.18. The van der Waals surface area contributed by atoms with E-state index >= 15 is 0 Å². The lowest BCUT2D eigenvalue weighted by Gasteiger charge is -2.10. The molecule has 0 fully saturated rings. The topological polar surface area (TPSA) is 35.2 Å². The molecule has 2 N–H and O–H groups in total. The zero-order valence-corrected chi connectivity index (χ0v) is 8.79. The molecule has 0 aliphatic rings. The van der Waals surface area contributed by atoms with E-state index in [1.165, 1.54) is 0 Å². The van der Waals surface area contributed by atoms with E-state index in [9.17, 15) is 0 Å². The molecule has 0 radical (unpaired) electrons. The van der Waals surface area contributed by atoms with Gasteiger partial charge < -0.3 is 10.5 Å². The fourth-order valence-electron chi connectivity index (χ4n) is 1.25. The highest BCUT2D eigenvalue weighted by Crippen LogP contribution is 2.18. The molecule has 0 bridgehead atoms. The fourth-order valence-corrected chi connectivity index (χ4v) is 1.25. The van der Waals surface area contributed by atoms with Crippen molar-refractivity contribution < 1.29 is 4.74 Å². The Morgan fingerprint density at radius 2 is 2.29 bits per heavy atom. The first-order chi connectivity index (χ1) is 6.65. The van der Waals surface area contributed by atoms with Gasteiger partial charge in [-0.05, 0) is 25.5 Å². The lowest BCUT2D eigenvalue weighted by molar-refractivity contribution is 0.299. The third kappa shape index (κ3) is 2.60. The zero-order chi connectivity index (χ0) is 10.6. The van der Waals surface area contributed by atoms with Crippen molar-refractivity contribution in [2.45, 2.75) is 19.9 Å². The van der Waals surface area contributed by atoms with Gasteiger partial charge in [0.2, 0.25) is 0 Å². The summed E-state index contributed by atoms with van der Waals surface area (Å²) in [5, 5.41) is 0. The maximum Gasteiger partial charge on any atom is 0.119 e. The summed E-state index contributed by atoms with van der Waals surface area (Å²) in [7, 11) is 0. The lowest BCUT2D eigenvalue weighted by atomic mass is 10.1. The SMILES string of the molecule is C=C(OCC)c1cccc(C(C)N)c1. The minimum atomic E-state index is 0.0457. The molecule has 0 saturated heterocycles. The van der Waals surface area contributed by atoms with Crippen LogP contribution < -0.4 is 5.73 Å². The highest BCUT2D eigenvalue weighted by molar-refractivity contribution is 5.58. The van der Waals surface area contributed by atoms with Gasteiger partial charge in [-0.3, -0.25) is 0 Å². The Labute approximate surface area is 85.4 Å². The highest BCUT2D eigenvalue weighted by atomic mass is 16.5. The smallest absolute Gasteiger partial charge is 0.119 e. The van der Waals surface area contributed by atoms with Crippen LogP contribution in [0.4, 0.5) is 0 Å². The van der Waals surface area contributed by atoms with Crippen molar-refractivity contribution >= 4 is 5.76 Å². The van der Waals surface area contributed by atoms with Crippen molar-refractivity contribution in [1.82, 2.24) is 0 Å². The molecule has 1 aromatic carbocycles. The van der Waals surface area contributed by atoms with E-state index in [0.29, 0.717) is 12.4 Å². The highest BCUT2D eigenvalue weighted by Gasteiger charge is 2.03. The zero-order valence-electron chi connectivity index (χ0n) is 8.79. The Kier molecular flexibility index (Phi) is 3.72. The quantitative estimate of drug-likeness (QED) is 0.743. The number of benzene rings is 1. The molecule has 0 amide bonds. The molecular weight excluding hydrogens is 174 g/mol. The first-order valence-corrected chi connectivity index (χ1v) is 4.82. The molecule has 0 saturated carbocycles. The van der Waals surface area contributed by atoms with Gasteiger partial charge >= 0.3 is 0 Å². The second-order valence-electron chi connectivity index (χ2n) is 3.27. The minimum Gasteiger partial charge on any atom is -0.494 e. The Balaban J connectivity index is 2.88. The lowest BCUT2D eigenvalue weighted by Crippen LogP contribution is -2.05. The van der Waals surface area contributed by atoms with Crippen LogP contribution in [0.3, 0.4) is 0 Å². The number of rotatable bonds is 4. The molecule has 1 unspecified atom stereocenters. The Bertz CT molecular complexity index is 318. The van der Waals surface area contributed by atoms with Gasteiger partial charge in [0.05, 0.1) is 6.61 Å². The minimum absolute atomic E-state index is 0.0457. The van der Waals surface area contributed by atoms with E-state index in [-0.39, 0.29) is 6.04 Å².